The lowest BCUT2D eigenvalue weighted by molar-refractivity contribution is -0.147. The summed E-state index contributed by atoms with van der Waals surface area (Å²) >= 11 is 18.4. The summed E-state index contributed by atoms with van der Waals surface area (Å²) in [6.07, 6.45) is 2.84. The Hall–Kier alpha value is -4.09. The lowest BCUT2D eigenvalue weighted by atomic mass is 9.98. The Bertz CT molecular complexity index is 1580. The Balaban J connectivity index is 1.48. The fourth-order valence-corrected chi connectivity index (χ4v) is 5.93. The largest absolute Gasteiger partial charge is 0.489 e. The van der Waals surface area contributed by atoms with E-state index in [1.54, 1.807) is 19.1 Å². The van der Waals surface area contributed by atoms with E-state index in [-0.39, 0.29) is 46.7 Å². The normalized spacial score (nSPS) is 19.4. The summed E-state index contributed by atoms with van der Waals surface area (Å²) in [5.41, 5.74) is 1.86. The van der Waals surface area contributed by atoms with E-state index in [4.69, 9.17) is 49.0 Å². The maximum absolute atomic E-state index is 13.2. The maximum atomic E-state index is 13.2. The fraction of sp³-hybridized carbons (Fsp3) is 0.314. The molecule has 0 saturated carbocycles. The smallest absolute Gasteiger partial charge is 0.308 e. The van der Waals surface area contributed by atoms with Crippen molar-refractivity contribution in [3.8, 4) is 5.75 Å². The van der Waals surface area contributed by atoms with Crippen LogP contribution >= 0.6 is 34.8 Å². The van der Waals surface area contributed by atoms with Crippen molar-refractivity contribution in [1.82, 2.24) is 16.0 Å². The SMILES string of the molecule is CCOC(=O)C[C@H]1OC/C=C/C[C@@H](NC(=O)c2c(Cl)cc(Cl)cc2Cl)C(=O)NCC(=O)N[C@H]1Cc1ccc(OCc2ccccc2)cc1. The second-order valence-electron chi connectivity index (χ2n) is 10.9. The highest BCUT2D eigenvalue weighted by molar-refractivity contribution is 6.42. The van der Waals surface area contributed by atoms with E-state index in [9.17, 15) is 19.2 Å². The van der Waals surface area contributed by atoms with Crippen LogP contribution in [0.3, 0.4) is 0 Å². The highest BCUT2D eigenvalue weighted by Gasteiger charge is 2.29. The standard InChI is InChI=1S/C35H36Cl3N3O7/c1-2-46-32(43)19-30-29(16-22-11-13-25(14-12-22)48-21-23-8-4-3-5-9-23)40-31(42)20-39-34(44)28(10-6-7-15-47-30)41-35(45)33-26(37)17-24(36)18-27(33)38/h3-9,11-14,17-18,28-30H,2,10,15-16,19-21H2,1H3,(H,39,44)(H,40,42)(H,41,45)/b7-6+/t28-,29+,30-/m1/s1. The molecular formula is C35H36Cl3N3O7. The van der Waals surface area contributed by atoms with Gasteiger partial charge >= 0.3 is 5.97 Å². The molecule has 3 N–H and O–H groups in total. The van der Waals surface area contributed by atoms with Gasteiger partial charge in [0.1, 0.15) is 18.4 Å². The van der Waals surface area contributed by atoms with E-state index in [0.717, 1.165) is 11.1 Å². The molecule has 4 rings (SSSR count). The average Bonchev–Trinajstić information content (AvgIpc) is 3.06. The summed E-state index contributed by atoms with van der Waals surface area (Å²) in [4.78, 5) is 51.9. The Kier molecular flexibility index (Phi) is 14.1. The average molecular weight is 717 g/mol. The number of ether oxygens (including phenoxy) is 3. The van der Waals surface area contributed by atoms with Crippen molar-refractivity contribution >= 4 is 58.5 Å². The second kappa shape index (κ2) is 18.5. The van der Waals surface area contributed by atoms with E-state index in [1.807, 2.05) is 54.6 Å². The Morgan fingerprint density at radius 2 is 1.67 bits per heavy atom. The van der Waals surface area contributed by atoms with Gasteiger partial charge in [0.2, 0.25) is 11.8 Å². The number of rotatable bonds is 10. The lowest BCUT2D eigenvalue weighted by Gasteiger charge is -2.28. The second-order valence-corrected chi connectivity index (χ2v) is 12.1. The summed E-state index contributed by atoms with van der Waals surface area (Å²) in [5.74, 6) is -1.61. The van der Waals surface area contributed by atoms with Crippen molar-refractivity contribution in [2.45, 2.75) is 51.0 Å². The van der Waals surface area contributed by atoms with Crippen LogP contribution in [0, 0.1) is 0 Å². The summed E-state index contributed by atoms with van der Waals surface area (Å²) in [6, 6.07) is 18.2. The zero-order chi connectivity index (χ0) is 34.5. The maximum Gasteiger partial charge on any atom is 0.308 e. The molecule has 0 saturated heterocycles. The van der Waals surface area contributed by atoms with Crippen LogP contribution in [-0.4, -0.2) is 61.6 Å². The molecule has 48 heavy (non-hydrogen) atoms. The predicted molar refractivity (Wildman–Crippen MR) is 183 cm³/mol. The van der Waals surface area contributed by atoms with E-state index in [0.29, 0.717) is 18.8 Å². The van der Waals surface area contributed by atoms with E-state index < -0.39 is 48.4 Å². The van der Waals surface area contributed by atoms with Crippen LogP contribution in [0.5, 0.6) is 5.75 Å². The minimum Gasteiger partial charge on any atom is -0.489 e. The first kappa shape index (κ1) is 36.7. The molecule has 1 aliphatic heterocycles. The topological polar surface area (TPSA) is 132 Å². The highest BCUT2D eigenvalue weighted by Crippen LogP contribution is 2.29. The van der Waals surface area contributed by atoms with Crippen LogP contribution < -0.4 is 20.7 Å². The van der Waals surface area contributed by atoms with Gasteiger partial charge in [0.05, 0.1) is 53.9 Å². The number of hydrogen-bond acceptors (Lipinski definition) is 7. The molecule has 254 valence electrons. The van der Waals surface area contributed by atoms with E-state index in [1.165, 1.54) is 12.1 Å². The van der Waals surface area contributed by atoms with Gasteiger partial charge in [-0.3, -0.25) is 19.2 Å². The molecule has 10 nitrogen and oxygen atoms in total. The number of nitrogens with one attached hydrogen (secondary N) is 3. The molecule has 0 fully saturated rings. The van der Waals surface area contributed by atoms with Crippen LogP contribution in [0.15, 0.2) is 78.9 Å². The van der Waals surface area contributed by atoms with E-state index >= 15 is 0 Å². The molecule has 1 heterocycles. The molecule has 0 bridgehead atoms. The van der Waals surface area contributed by atoms with Crippen molar-refractivity contribution in [3.05, 3.63) is 111 Å². The number of halogens is 3. The fourth-order valence-electron chi connectivity index (χ4n) is 4.94. The van der Waals surface area contributed by atoms with Crippen LogP contribution in [-0.2, 0) is 36.9 Å². The number of benzene rings is 3. The van der Waals surface area contributed by atoms with E-state index in [2.05, 4.69) is 16.0 Å². The monoisotopic (exact) mass is 715 g/mol. The van der Waals surface area contributed by atoms with Gasteiger partial charge < -0.3 is 30.2 Å². The van der Waals surface area contributed by atoms with Gasteiger partial charge in [0, 0.05) is 5.02 Å². The first-order valence-corrected chi connectivity index (χ1v) is 16.5. The highest BCUT2D eigenvalue weighted by atomic mass is 35.5. The minimum atomic E-state index is -1.07. The van der Waals surface area contributed by atoms with Gasteiger partial charge in [0.25, 0.3) is 5.91 Å². The molecule has 0 unspecified atom stereocenters. The van der Waals surface area contributed by atoms with Crippen molar-refractivity contribution in [2.75, 3.05) is 19.8 Å². The van der Waals surface area contributed by atoms with Crippen molar-refractivity contribution in [2.24, 2.45) is 0 Å². The Labute approximate surface area is 294 Å². The van der Waals surface area contributed by atoms with Crippen LogP contribution in [0.25, 0.3) is 0 Å². The van der Waals surface area contributed by atoms with Crippen molar-refractivity contribution < 1.29 is 33.4 Å². The first-order chi connectivity index (χ1) is 23.1. The van der Waals surface area contributed by atoms with Gasteiger partial charge in [-0.1, -0.05) is 89.4 Å². The summed E-state index contributed by atoms with van der Waals surface area (Å²) < 4.78 is 17.2. The Morgan fingerprint density at radius 1 is 0.958 bits per heavy atom. The number of esters is 1. The third-order valence-electron chi connectivity index (χ3n) is 7.32. The molecule has 3 amide bonds. The van der Waals surface area contributed by atoms with Crippen molar-refractivity contribution in [1.29, 1.82) is 0 Å². The third kappa shape index (κ3) is 11.3. The van der Waals surface area contributed by atoms with Crippen LogP contribution in [0.2, 0.25) is 15.1 Å². The van der Waals surface area contributed by atoms with Gasteiger partial charge in [0.15, 0.2) is 0 Å². The van der Waals surface area contributed by atoms with Gasteiger partial charge in [-0.25, -0.2) is 0 Å². The zero-order valence-electron chi connectivity index (χ0n) is 26.2. The van der Waals surface area contributed by atoms with Gasteiger partial charge in [-0.05, 0) is 55.2 Å². The predicted octanol–water partition coefficient (Wildman–Crippen LogP) is 5.47. The summed E-state index contributed by atoms with van der Waals surface area (Å²) in [7, 11) is 0. The molecule has 13 heteroatoms. The van der Waals surface area contributed by atoms with Gasteiger partial charge in [-0.2, -0.15) is 0 Å². The molecular weight excluding hydrogens is 681 g/mol. The number of carbonyl (C=O) groups is 4. The zero-order valence-corrected chi connectivity index (χ0v) is 28.4. The number of amides is 3. The molecule has 0 aromatic heterocycles. The lowest BCUT2D eigenvalue weighted by Crippen LogP contribution is -2.52. The minimum absolute atomic E-state index is 0.0198. The number of carbonyl (C=O) groups excluding carboxylic acids is 4. The molecule has 1 aliphatic rings. The molecule has 0 radical (unpaired) electrons. The molecule has 3 aromatic carbocycles. The number of hydrogen-bond donors (Lipinski definition) is 3. The molecule has 3 aromatic rings. The molecule has 3 atom stereocenters. The van der Waals surface area contributed by atoms with Crippen LogP contribution in [0.4, 0.5) is 0 Å². The summed E-state index contributed by atoms with van der Waals surface area (Å²) in [6.45, 7) is 1.98. The third-order valence-corrected chi connectivity index (χ3v) is 8.13. The van der Waals surface area contributed by atoms with Crippen LogP contribution in [0.1, 0.15) is 41.3 Å². The molecule has 0 aliphatic carbocycles. The van der Waals surface area contributed by atoms with Gasteiger partial charge in [-0.15, -0.1) is 0 Å². The molecule has 0 spiro atoms. The summed E-state index contributed by atoms with van der Waals surface area (Å²) in [5, 5.41) is 8.40. The quantitative estimate of drug-likeness (QED) is 0.188. The van der Waals surface area contributed by atoms with Crippen molar-refractivity contribution in [3.63, 3.8) is 0 Å². The first-order valence-electron chi connectivity index (χ1n) is 15.3. The Morgan fingerprint density at radius 3 is 2.35 bits per heavy atom.